The molecule has 3 N–H and O–H groups in total. The zero-order valence-corrected chi connectivity index (χ0v) is 34.4. The summed E-state index contributed by atoms with van der Waals surface area (Å²) < 4.78 is 41.3. The summed E-state index contributed by atoms with van der Waals surface area (Å²) in [6.45, 7) is 5.53. The highest BCUT2D eigenvalue weighted by molar-refractivity contribution is 7.90. The van der Waals surface area contributed by atoms with Crippen molar-refractivity contribution in [3.05, 3.63) is 112 Å². The third kappa shape index (κ3) is 8.84. The van der Waals surface area contributed by atoms with Crippen LogP contribution in [0.15, 0.2) is 90.1 Å². The smallest absolute Gasteiger partial charge is 0.293 e. The third-order valence-electron chi connectivity index (χ3n) is 12.6. The van der Waals surface area contributed by atoms with Crippen LogP contribution >= 0.6 is 0 Å². The number of nitro groups is 1. The fourth-order valence-electron chi connectivity index (χ4n) is 9.26. The molecule has 9 rings (SSSR count). The van der Waals surface area contributed by atoms with Gasteiger partial charge in [-0.05, 0) is 123 Å². The first-order valence-electron chi connectivity index (χ1n) is 21.2. The van der Waals surface area contributed by atoms with Crippen molar-refractivity contribution in [1.82, 2.24) is 19.6 Å². The van der Waals surface area contributed by atoms with Gasteiger partial charge in [0.25, 0.3) is 21.6 Å². The molecule has 4 fully saturated rings. The zero-order valence-electron chi connectivity index (χ0n) is 33.6. The molecule has 15 heteroatoms. The minimum absolute atomic E-state index is 0.0106. The van der Waals surface area contributed by atoms with Gasteiger partial charge >= 0.3 is 0 Å². The van der Waals surface area contributed by atoms with Crippen molar-refractivity contribution in [3.8, 4) is 11.5 Å². The number of pyridine rings is 1. The molecule has 4 aliphatic rings. The van der Waals surface area contributed by atoms with Crippen LogP contribution in [0.4, 0.5) is 17.1 Å². The fourth-order valence-corrected chi connectivity index (χ4v) is 10.2. The van der Waals surface area contributed by atoms with Crippen molar-refractivity contribution in [2.45, 2.75) is 68.2 Å². The van der Waals surface area contributed by atoms with Crippen LogP contribution < -0.4 is 19.7 Å². The molecule has 0 radical (unpaired) electrons. The number of hydrogen-bond acceptors (Lipinski definition) is 11. The lowest BCUT2D eigenvalue weighted by molar-refractivity contribution is -0.384. The Hall–Kier alpha value is -5.51. The second kappa shape index (κ2) is 17.2. The number of nitrogens with zero attached hydrogens (tertiary/aromatic N) is 4. The van der Waals surface area contributed by atoms with Crippen molar-refractivity contribution in [2.24, 2.45) is 11.8 Å². The first-order valence-corrected chi connectivity index (χ1v) is 22.7. The minimum Gasteiger partial charge on any atom is -0.455 e. The van der Waals surface area contributed by atoms with Crippen molar-refractivity contribution in [3.63, 3.8) is 0 Å². The van der Waals surface area contributed by atoms with Gasteiger partial charge in [0.2, 0.25) is 0 Å². The van der Waals surface area contributed by atoms with Crippen LogP contribution in [0.25, 0.3) is 11.0 Å². The predicted octanol–water partition coefficient (Wildman–Crippen LogP) is 8.15. The van der Waals surface area contributed by atoms with Gasteiger partial charge in [0.15, 0.2) is 0 Å². The number of carbonyl (C=O) groups excluding carboxylic acids is 1. The van der Waals surface area contributed by atoms with Gasteiger partial charge in [0.1, 0.15) is 22.8 Å². The Morgan fingerprint density at radius 3 is 2.57 bits per heavy atom. The number of benzene rings is 3. The van der Waals surface area contributed by atoms with E-state index >= 15 is 0 Å². The Kier molecular flexibility index (Phi) is 11.5. The number of aromatic amines is 1. The summed E-state index contributed by atoms with van der Waals surface area (Å²) in [4.78, 5) is 37.5. The number of sulfonamides is 1. The first kappa shape index (κ1) is 39.9. The molecule has 3 aromatic carbocycles. The predicted molar refractivity (Wildman–Crippen MR) is 229 cm³/mol. The fraction of sp³-hybridized carbons (Fsp3) is 0.422. The van der Waals surface area contributed by atoms with E-state index in [4.69, 9.17) is 9.47 Å². The molecular weight excluding hydrogens is 783 g/mol. The van der Waals surface area contributed by atoms with Gasteiger partial charge in [0, 0.05) is 74.8 Å². The molecule has 60 heavy (non-hydrogen) atoms. The number of amides is 1. The van der Waals surface area contributed by atoms with Crippen LogP contribution in [-0.2, 0) is 14.8 Å². The van der Waals surface area contributed by atoms with Crippen molar-refractivity contribution in [1.29, 1.82) is 0 Å². The Bertz CT molecular complexity index is 2480. The lowest BCUT2D eigenvalue weighted by atomic mass is 9.93. The number of nitrogens with one attached hydrogen (secondary N) is 3. The van der Waals surface area contributed by atoms with Crippen molar-refractivity contribution in [2.75, 3.05) is 56.2 Å². The third-order valence-corrected chi connectivity index (χ3v) is 13.9. The quantitative estimate of drug-likeness (QED) is 0.0728. The molecule has 1 aliphatic carbocycles. The number of hydrogen-bond donors (Lipinski definition) is 3. The number of aromatic nitrogens is 2. The standard InChI is InChI=1S/C45H51N7O7S/c53-45(49-60(56,57)36-12-14-40(42(25-36)52(54)55)47-26-30-16-21-58-22-17-30)39-13-11-34(24-43(39)59-35-23-33-15-18-46-44(33)48-27-35)50-19-3-5-31(28-50)29-51-20-4-8-41(51)38-7-2-1-6-37(38)32-9-10-32/h1-2,6-7,11-15,18,23-25,27,30-32,41,47H,3-5,8-10,16-17,19-22,26,28-29H2,(H,46,48)(H,49,53)/t31?,41-/m0/s1. The highest BCUT2D eigenvalue weighted by Crippen LogP contribution is 2.46. The van der Waals surface area contributed by atoms with E-state index < -0.39 is 31.4 Å². The first-order chi connectivity index (χ1) is 29.2. The van der Waals surface area contributed by atoms with E-state index in [1.807, 2.05) is 12.1 Å². The number of rotatable bonds is 14. The Morgan fingerprint density at radius 2 is 1.75 bits per heavy atom. The van der Waals surface area contributed by atoms with E-state index in [-0.39, 0.29) is 22.9 Å². The maximum absolute atomic E-state index is 14.0. The summed E-state index contributed by atoms with van der Waals surface area (Å²) in [7, 11) is -4.54. The summed E-state index contributed by atoms with van der Waals surface area (Å²) >= 11 is 0. The van der Waals surface area contributed by atoms with Gasteiger partial charge in [-0.2, -0.15) is 0 Å². The highest BCUT2D eigenvalue weighted by atomic mass is 32.2. The van der Waals surface area contributed by atoms with Crippen molar-refractivity contribution >= 4 is 44.0 Å². The van der Waals surface area contributed by atoms with Crippen LogP contribution in [0.2, 0.25) is 0 Å². The van der Waals surface area contributed by atoms with E-state index in [1.165, 1.54) is 48.9 Å². The molecule has 3 aliphatic heterocycles. The molecule has 314 valence electrons. The summed E-state index contributed by atoms with van der Waals surface area (Å²) in [5.41, 5.74) is 4.36. The molecule has 14 nitrogen and oxygen atoms in total. The number of likely N-dealkylation sites (tertiary alicyclic amines) is 1. The molecule has 0 bridgehead atoms. The summed E-state index contributed by atoms with van der Waals surface area (Å²) in [5, 5.41) is 16.0. The summed E-state index contributed by atoms with van der Waals surface area (Å²) in [5.74, 6) is 1.03. The second-order valence-electron chi connectivity index (χ2n) is 16.7. The zero-order chi connectivity index (χ0) is 41.2. The normalized spacial score (nSPS) is 20.3. The minimum atomic E-state index is -4.54. The van der Waals surface area contributed by atoms with Crippen LogP contribution in [0.1, 0.15) is 84.8 Å². The van der Waals surface area contributed by atoms with Gasteiger partial charge in [-0.25, -0.2) is 18.1 Å². The SMILES string of the molecule is O=C(NS(=O)(=O)c1ccc(NCC2CCOCC2)c([N+](=O)[O-])c1)c1ccc(N2CCCC(CN3CCC[C@H]3c3ccccc3C3CC3)C2)cc1Oc1cnc2[nH]ccc2c1. The van der Waals surface area contributed by atoms with E-state index in [1.54, 1.807) is 30.6 Å². The van der Waals surface area contributed by atoms with Gasteiger partial charge in [-0.15, -0.1) is 0 Å². The number of nitro benzene ring substituents is 1. The van der Waals surface area contributed by atoms with Gasteiger partial charge in [-0.1, -0.05) is 24.3 Å². The molecule has 3 saturated heterocycles. The molecule has 5 heterocycles. The molecular formula is C45H51N7O7S. The van der Waals surface area contributed by atoms with E-state index in [9.17, 15) is 23.3 Å². The van der Waals surface area contributed by atoms with Crippen LogP contribution in [0.5, 0.6) is 11.5 Å². The number of piperidine rings is 1. The molecule has 0 spiro atoms. The molecule has 1 saturated carbocycles. The van der Waals surface area contributed by atoms with Crippen LogP contribution in [-0.4, -0.2) is 80.1 Å². The monoisotopic (exact) mass is 833 g/mol. The number of fused-ring (bicyclic) bond motifs is 1. The van der Waals surface area contributed by atoms with Crippen LogP contribution in [0, 0.1) is 22.0 Å². The molecule has 5 aromatic rings. The summed E-state index contributed by atoms with van der Waals surface area (Å²) in [6, 6.07) is 21.9. The number of H-pyrrole nitrogens is 1. The Labute approximate surface area is 349 Å². The molecule has 2 aromatic heterocycles. The number of ether oxygens (including phenoxy) is 2. The van der Waals surface area contributed by atoms with Crippen LogP contribution in [0.3, 0.4) is 0 Å². The van der Waals surface area contributed by atoms with Gasteiger partial charge < -0.3 is 24.7 Å². The summed E-state index contributed by atoms with van der Waals surface area (Å²) in [6.07, 6.45) is 12.1. The Morgan fingerprint density at radius 1 is 0.933 bits per heavy atom. The van der Waals surface area contributed by atoms with Gasteiger partial charge in [-0.3, -0.25) is 19.8 Å². The topological polar surface area (TPSA) is 172 Å². The van der Waals surface area contributed by atoms with E-state index in [0.717, 1.165) is 69.0 Å². The van der Waals surface area contributed by atoms with E-state index in [0.29, 0.717) is 49.0 Å². The molecule has 1 amide bonds. The van der Waals surface area contributed by atoms with Gasteiger partial charge in [0.05, 0.1) is 21.6 Å². The Balaban J connectivity index is 0.942. The molecule has 2 atom stereocenters. The van der Waals surface area contributed by atoms with E-state index in [2.05, 4.69) is 54.1 Å². The highest BCUT2D eigenvalue weighted by Gasteiger charge is 2.35. The van der Waals surface area contributed by atoms with Crippen molar-refractivity contribution < 1.29 is 27.6 Å². The maximum atomic E-state index is 14.0. The maximum Gasteiger partial charge on any atom is 0.293 e. The largest absolute Gasteiger partial charge is 0.455 e. The second-order valence-corrected chi connectivity index (χ2v) is 18.4. The number of anilines is 2. The lowest BCUT2D eigenvalue weighted by Crippen LogP contribution is -2.41. The molecule has 1 unspecified atom stereocenters. The average molecular weight is 834 g/mol. The lowest BCUT2D eigenvalue weighted by Gasteiger charge is -2.38. The number of carbonyl (C=O) groups is 1. The average Bonchev–Trinajstić information content (AvgIpc) is 3.83.